The molecule has 0 spiro atoms. The van der Waals surface area contributed by atoms with Gasteiger partial charge in [-0.1, -0.05) is 0 Å². The van der Waals surface area contributed by atoms with Gasteiger partial charge >= 0.3 is 0 Å². The van der Waals surface area contributed by atoms with Gasteiger partial charge in [0.15, 0.2) is 17.0 Å². The van der Waals surface area contributed by atoms with Crippen molar-refractivity contribution in [2.45, 2.75) is 45.1 Å². The minimum Gasteiger partial charge on any atom is -0.382 e. The van der Waals surface area contributed by atoms with E-state index in [0.29, 0.717) is 17.3 Å². The summed E-state index contributed by atoms with van der Waals surface area (Å²) in [5.41, 5.74) is 12.9. The molecule has 96 valence electrons. The third-order valence-electron chi connectivity index (χ3n) is 3.19. The molecule has 3 rings (SSSR count). The molecule has 1 fully saturated rings. The molecule has 2 heterocycles. The highest BCUT2D eigenvalue weighted by molar-refractivity contribution is 5.83. The zero-order valence-corrected chi connectivity index (χ0v) is 10.9. The maximum atomic E-state index is 5.90. The number of anilines is 2. The quantitative estimate of drug-likeness (QED) is 0.797. The molecule has 4 N–H and O–H groups in total. The lowest BCUT2D eigenvalue weighted by Gasteiger charge is -2.24. The molecule has 0 aromatic carbocycles. The van der Waals surface area contributed by atoms with Crippen LogP contribution in [0.2, 0.25) is 0 Å². The van der Waals surface area contributed by atoms with E-state index in [2.05, 4.69) is 40.3 Å². The van der Waals surface area contributed by atoms with E-state index in [1.165, 1.54) is 12.8 Å². The fraction of sp³-hybridized carbons (Fsp3) is 0.583. The molecular formula is C12H18N6. The average molecular weight is 246 g/mol. The van der Waals surface area contributed by atoms with E-state index in [0.717, 1.165) is 11.5 Å². The van der Waals surface area contributed by atoms with Gasteiger partial charge in [-0.3, -0.25) is 0 Å². The van der Waals surface area contributed by atoms with E-state index in [-0.39, 0.29) is 11.5 Å². The number of nitrogen functional groups attached to an aromatic ring is 2. The maximum absolute atomic E-state index is 5.90. The van der Waals surface area contributed by atoms with Crippen molar-refractivity contribution in [3.05, 3.63) is 5.82 Å². The monoisotopic (exact) mass is 246 g/mol. The lowest BCUT2D eigenvalue weighted by atomic mass is 10.1. The molecule has 1 saturated carbocycles. The standard InChI is InChI=1S/C12H18N6/c1-12(2,3)18-9(6-4-5-6)15-7-8(13)16-11(14)17-10(7)18/h6H,4-5H2,1-3H3,(H4,13,14,16,17). The second-order valence-corrected chi connectivity index (χ2v) is 5.89. The Balaban J connectivity index is 2.37. The Labute approximate surface area is 105 Å². The van der Waals surface area contributed by atoms with E-state index in [4.69, 9.17) is 11.5 Å². The summed E-state index contributed by atoms with van der Waals surface area (Å²) in [6.07, 6.45) is 2.37. The maximum Gasteiger partial charge on any atom is 0.224 e. The number of imidazole rings is 1. The molecule has 2 aromatic heterocycles. The van der Waals surface area contributed by atoms with Crippen LogP contribution >= 0.6 is 0 Å². The van der Waals surface area contributed by atoms with E-state index >= 15 is 0 Å². The molecule has 1 aliphatic rings. The van der Waals surface area contributed by atoms with Crippen molar-refractivity contribution in [1.82, 2.24) is 19.5 Å². The normalized spacial score (nSPS) is 16.4. The van der Waals surface area contributed by atoms with Crippen LogP contribution in [0, 0.1) is 0 Å². The molecule has 1 aliphatic carbocycles. The summed E-state index contributed by atoms with van der Waals surface area (Å²) in [6.45, 7) is 6.40. The molecule has 6 heteroatoms. The second-order valence-electron chi connectivity index (χ2n) is 5.89. The molecule has 6 nitrogen and oxygen atoms in total. The van der Waals surface area contributed by atoms with Gasteiger partial charge in [-0.15, -0.1) is 0 Å². The minimum atomic E-state index is -0.0973. The van der Waals surface area contributed by atoms with E-state index in [1.54, 1.807) is 0 Å². The summed E-state index contributed by atoms with van der Waals surface area (Å²) < 4.78 is 2.15. The molecule has 0 unspecified atom stereocenters. The summed E-state index contributed by atoms with van der Waals surface area (Å²) in [5.74, 6) is 2.15. The number of nitrogens with zero attached hydrogens (tertiary/aromatic N) is 4. The Hall–Kier alpha value is -1.85. The Morgan fingerprint density at radius 2 is 1.78 bits per heavy atom. The van der Waals surface area contributed by atoms with Crippen molar-refractivity contribution in [3.8, 4) is 0 Å². The predicted octanol–water partition coefficient (Wildman–Crippen LogP) is 1.62. The molecule has 0 atom stereocenters. The SMILES string of the molecule is CC(C)(C)n1c(C2CC2)nc2c(N)nc(N)nc21. The van der Waals surface area contributed by atoms with E-state index in [9.17, 15) is 0 Å². The number of hydrogen-bond donors (Lipinski definition) is 2. The minimum absolute atomic E-state index is 0.0973. The highest BCUT2D eigenvalue weighted by atomic mass is 15.2. The number of rotatable bonds is 1. The first-order chi connectivity index (χ1) is 8.38. The van der Waals surface area contributed by atoms with Crippen LogP contribution in [0.1, 0.15) is 45.4 Å². The van der Waals surface area contributed by atoms with Crippen LogP contribution in [0.3, 0.4) is 0 Å². The molecule has 2 aromatic rings. The first kappa shape index (κ1) is 11.3. The summed E-state index contributed by atoms with van der Waals surface area (Å²) in [6, 6.07) is 0. The lowest BCUT2D eigenvalue weighted by molar-refractivity contribution is 0.392. The average Bonchev–Trinajstić information content (AvgIpc) is 2.97. The van der Waals surface area contributed by atoms with Gasteiger partial charge in [0.2, 0.25) is 5.95 Å². The van der Waals surface area contributed by atoms with Crippen LogP contribution in [0.5, 0.6) is 0 Å². The van der Waals surface area contributed by atoms with Crippen LogP contribution in [0.4, 0.5) is 11.8 Å². The van der Waals surface area contributed by atoms with Crippen LogP contribution in [-0.4, -0.2) is 19.5 Å². The fourth-order valence-electron chi connectivity index (χ4n) is 2.29. The van der Waals surface area contributed by atoms with Crippen molar-refractivity contribution in [3.63, 3.8) is 0 Å². The van der Waals surface area contributed by atoms with Crippen molar-refractivity contribution in [2.75, 3.05) is 11.5 Å². The zero-order valence-electron chi connectivity index (χ0n) is 10.9. The van der Waals surface area contributed by atoms with Crippen LogP contribution in [0.25, 0.3) is 11.2 Å². The van der Waals surface area contributed by atoms with Crippen LogP contribution in [-0.2, 0) is 5.54 Å². The van der Waals surface area contributed by atoms with Crippen molar-refractivity contribution >= 4 is 22.9 Å². The topological polar surface area (TPSA) is 95.6 Å². The highest BCUT2D eigenvalue weighted by Crippen LogP contribution is 2.42. The van der Waals surface area contributed by atoms with Crippen molar-refractivity contribution in [1.29, 1.82) is 0 Å². The molecular weight excluding hydrogens is 228 g/mol. The fourth-order valence-corrected chi connectivity index (χ4v) is 2.29. The van der Waals surface area contributed by atoms with Gasteiger partial charge in [0.1, 0.15) is 5.82 Å². The highest BCUT2D eigenvalue weighted by Gasteiger charge is 2.34. The zero-order chi connectivity index (χ0) is 13.1. The third kappa shape index (κ3) is 1.60. The number of hydrogen-bond acceptors (Lipinski definition) is 5. The third-order valence-corrected chi connectivity index (χ3v) is 3.19. The van der Waals surface area contributed by atoms with Crippen molar-refractivity contribution < 1.29 is 0 Å². The number of aromatic nitrogens is 4. The van der Waals surface area contributed by atoms with Gasteiger partial charge < -0.3 is 16.0 Å². The first-order valence-corrected chi connectivity index (χ1v) is 6.19. The first-order valence-electron chi connectivity index (χ1n) is 6.19. The van der Waals surface area contributed by atoms with Gasteiger partial charge in [0.25, 0.3) is 0 Å². The van der Waals surface area contributed by atoms with Crippen LogP contribution in [0.15, 0.2) is 0 Å². The largest absolute Gasteiger partial charge is 0.382 e. The molecule has 18 heavy (non-hydrogen) atoms. The summed E-state index contributed by atoms with van der Waals surface area (Å²) >= 11 is 0. The summed E-state index contributed by atoms with van der Waals surface area (Å²) in [5, 5.41) is 0. The van der Waals surface area contributed by atoms with E-state index < -0.39 is 0 Å². The van der Waals surface area contributed by atoms with Crippen LogP contribution < -0.4 is 11.5 Å². The Morgan fingerprint density at radius 1 is 1.11 bits per heavy atom. The second kappa shape index (κ2) is 3.34. The Morgan fingerprint density at radius 3 is 2.33 bits per heavy atom. The van der Waals surface area contributed by atoms with E-state index in [1.807, 2.05) is 0 Å². The predicted molar refractivity (Wildman–Crippen MR) is 71.1 cm³/mol. The van der Waals surface area contributed by atoms with Gasteiger partial charge in [0.05, 0.1) is 0 Å². The number of nitrogens with two attached hydrogens (primary N) is 2. The molecule has 0 saturated heterocycles. The van der Waals surface area contributed by atoms with Gasteiger partial charge in [0, 0.05) is 11.5 Å². The number of fused-ring (bicyclic) bond motifs is 1. The Kier molecular flexibility index (Phi) is 2.09. The molecule has 0 bridgehead atoms. The van der Waals surface area contributed by atoms with Crippen molar-refractivity contribution in [2.24, 2.45) is 0 Å². The summed E-state index contributed by atoms with van der Waals surface area (Å²) in [4.78, 5) is 12.9. The smallest absolute Gasteiger partial charge is 0.224 e. The Bertz CT molecular complexity index is 618. The lowest BCUT2D eigenvalue weighted by Crippen LogP contribution is -2.24. The van der Waals surface area contributed by atoms with Gasteiger partial charge in [-0.2, -0.15) is 9.97 Å². The summed E-state index contributed by atoms with van der Waals surface area (Å²) in [7, 11) is 0. The molecule has 0 amide bonds. The van der Waals surface area contributed by atoms with Gasteiger partial charge in [-0.25, -0.2) is 4.98 Å². The molecule has 0 aliphatic heterocycles. The molecule has 0 radical (unpaired) electrons. The van der Waals surface area contributed by atoms with Gasteiger partial charge in [-0.05, 0) is 33.6 Å².